The molecule has 2 aromatic carbocycles. The molecule has 0 saturated carbocycles. The van der Waals surface area contributed by atoms with E-state index < -0.39 is 0 Å². The monoisotopic (exact) mass is 315 g/mol. The van der Waals surface area contributed by atoms with Gasteiger partial charge in [0, 0.05) is 0 Å². The van der Waals surface area contributed by atoms with Crippen molar-refractivity contribution < 1.29 is 5.11 Å². The van der Waals surface area contributed by atoms with Crippen LogP contribution in [0.4, 0.5) is 0 Å². The van der Waals surface area contributed by atoms with Gasteiger partial charge in [0.15, 0.2) is 5.76 Å². The van der Waals surface area contributed by atoms with Crippen LogP contribution in [0.25, 0.3) is 6.08 Å². The van der Waals surface area contributed by atoms with Crippen molar-refractivity contribution in [3.8, 4) is 0 Å². The first-order valence-electron chi connectivity index (χ1n) is 8.28. The zero-order valence-corrected chi connectivity index (χ0v) is 14.1. The van der Waals surface area contributed by atoms with E-state index in [9.17, 15) is 5.11 Å². The van der Waals surface area contributed by atoms with E-state index in [1.807, 2.05) is 66.8 Å². The molecule has 0 aliphatic carbocycles. The van der Waals surface area contributed by atoms with Gasteiger partial charge in [0.1, 0.15) is 0 Å². The highest BCUT2D eigenvalue weighted by Gasteiger charge is 1.99. The third kappa shape index (κ3) is 6.53. The molecule has 0 fully saturated rings. The average molecular weight is 315 g/mol. The molecule has 1 radical (unpaired) electrons. The van der Waals surface area contributed by atoms with Gasteiger partial charge in [0.2, 0.25) is 0 Å². The van der Waals surface area contributed by atoms with Gasteiger partial charge in [-0.25, -0.2) is 0 Å². The molecule has 0 aromatic heterocycles. The summed E-state index contributed by atoms with van der Waals surface area (Å²) in [5.74, 6) is 0.0344. The van der Waals surface area contributed by atoms with Gasteiger partial charge in [-0.2, -0.15) is 0 Å². The molecule has 2 rings (SSSR count). The van der Waals surface area contributed by atoms with Gasteiger partial charge < -0.3 is 0 Å². The third-order valence-electron chi connectivity index (χ3n) is 3.65. The molecule has 0 heterocycles. The van der Waals surface area contributed by atoms with Gasteiger partial charge in [-0.1, -0.05) is 97.5 Å². The van der Waals surface area contributed by atoms with E-state index >= 15 is 0 Å². The Labute approximate surface area is 145 Å². The molecule has 1 nitrogen and oxygen atoms in total. The fourth-order valence-electron chi connectivity index (χ4n) is 2.33. The Balaban J connectivity index is 1.93. The molecule has 0 unspecified atom stereocenters. The summed E-state index contributed by atoms with van der Waals surface area (Å²) in [6.45, 7) is 2.08. The third-order valence-corrected chi connectivity index (χ3v) is 3.65. The maximum absolute atomic E-state index is 12.0. The Bertz CT molecular complexity index is 719. The van der Waals surface area contributed by atoms with Crippen molar-refractivity contribution in [3.63, 3.8) is 0 Å². The van der Waals surface area contributed by atoms with Crippen molar-refractivity contribution in [2.75, 3.05) is 0 Å². The smallest absolute Gasteiger partial charge is 0.178 e. The van der Waals surface area contributed by atoms with E-state index in [1.54, 1.807) is 18.2 Å². The SMILES string of the molecule is CCC(=CC([O])=CC=CC=Cc1ccccc1)Cc1ccccc1. The van der Waals surface area contributed by atoms with Crippen LogP contribution in [0.5, 0.6) is 0 Å². The van der Waals surface area contributed by atoms with Gasteiger partial charge in [-0.15, -0.1) is 0 Å². The molecule has 121 valence electrons. The molecule has 0 aliphatic heterocycles. The fraction of sp³-hybridized carbons (Fsp3) is 0.130. The minimum Gasteiger partial charge on any atom is -0.290 e. The van der Waals surface area contributed by atoms with Crippen molar-refractivity contribution in [1.82, 2.24) is 0 Å². The van der Waals surface area contributed by atoms with Gasteiger partial charge in [-0.3, -0.25) is 5.11 Å². The van der Waals surface area contributed by atoms with Gasteiger partial charge >= 0.3 is 0 Å². The second-order valence-corrected chi connectivity index (χ2v) is 5.54. The molecule has 1 heteroatoms. The first-order valence-corrected chi connectivity index (χ1v) is 8.28. The van der Waals surface area contributed by atoms with Crippen LogP contribution in [0.15, 0.2) is 102 Å². The maximum Gasteiger partial charge on any atom is 0.178 e. The summed E-state index contributed by atoms with van der Waals surface area (Å²) in [5.41, 5.74) is 3.53. The van der Waals surface area contributed by atoms with E-state index in [0.29, 0.717) is 0 Å². The van der Waals surface area contributed by atoms with Crippen LogP contribution >= 0.6 is 0 Å². The summed E-state index contributed by atoms with van der Waals surface area (Å²) in [6, 6.07) is 20.3. The highest BCUT2D eigenvalue weighted by Crippen LogP contribution is 2.13. The first kappa shape index (κ1) is 17.6. The highest BCUT2D eigenvalue weighted by atomic mass is 16.3. The predicted molar refractivity (Wildman–Crippen MR) is 102 cm³/mol. The molecular formula is C23H23O. The molecule has 0 N–H and O–H groups in total. The normalized spacial score (nSPS) is 13.0. The topological polar surface area (TPSA) is 19.9 Å². The average Bonchev–Trinajstić information content (AvgIpc) is 2.62. The lowest BCUT2D eigenvalue weighted by Gasteiger charge is -2.04. The molecule has 2 aromatic rings. The maximum atomic E-state index is 12.0. The standard InChI is InChI=1S/C23H23O/c1-2-20(18-22-15-9-4-10-16-22)19-23(24)17-11-5-8-14-21-12-6-3-7-13-21/h3-17,19H,2,18H2,1H3. The zero-order chi connectivity index (χ0) is 17.0. The predicted octanol–water partition coefficient (Wildman–Crippen LogP) is 6.15. The fourth-order valence-corrected chi connectivity index (χ4v) is 2.33. The largest absolute Gasteiger partial charge is 0.290 e. The lowest BCUT2D eigenvalue weighted by atomic mass is 10.0. The molecule has 0 saturated heterocycles. The lowest BCUT2D eigenvalue weighted by Crippen LogP contribution is -1.90. The van der Waals surface area contributed by atoms with E-state index in [1.165, 1.54) is 5.56 Å². The molecule has 0 spiro atoms. The Kier molecular flexibility index (Phi) is 7.36. The summed E-state index contributed by atoms with van der Waals surface area (Å²) in [5, 5.41) is 12.0. The molecular weight excluding hydrogens is 292 g/mol. The summed E-state index contributed by atoms with van der Waals surface area (Å²) >= 11 is 0. The van der Waals surface area contributed by atoms with Crippen molar-refractivity contribution in [1.29, 1.82) is 0 Å². The van der Waals surface area contributed by atoms with E-state index in [0.717, 1.165) is 24.0 Å². The molecule has 24 heavy (non-hydrogen) atoms. The Hall–Kier alpha value is -2.80. The molecule has 0 bridgehead atoms. The Morgan fingerprint density at radius 3 is 2.21 bits per heavy atom. The summed E-state index contributed by atoms with van der Waals surface area (Å²) in [4.78, 5) is 0. The molecule has 0 atom stereocenters. The van der Waals surface area contributed by atoms with E-state index in [-0.39, 0.29) is 5.76 Å². The molecule has 0 amide bonds. The minimum atomic E-state index is 0.0344. The Morgan fingerprint density at radius 2 is 1.54 bits per heavy atom. The first-order chi connectivity index (χ1) is 11.8. The van der Waals surface area contributed by atoms with Crippen LogP contribution in [0.3, 0.4) is 0 Å². The van der Waals surface area contributed by atoms with Crippen LogP contribution in [-0.2, 0) is 11.5 Å². The van der Waals surface area contributed by atoms with Crippen molar-refractivity contribution in [3.05, 3.63) is 114 Å². The van der Waals surface area contributed by atoms with Crippen LogP contribution in [-0.4, -0.2) is 0 Å². The van der Waals surface area contributed by atoms with Crippen LogP contribution in [0.2, 0.25) is 0 Å². The van der Waals surface area contributed by atoms with Crippen molar-refractivity contribution in [2.24, 2.45) is 0 Å². The van der Waals surface area contributed by atoms with E-state index in [2.05, 4.69) is 19.1 Å². The van der Waals surface area contributed by atoms with Crippen molar-refractivity contribution in [2.45, 2.75) is 19.8 Å². The van der Waals surface area contributed by atoms with Crippen molar-refractivity contribution >= 4 is 6.08 Å². The minimum absolute atomic E-state index is 0.0344. The van der Waals surface area contributed by atoms with Crippen LogP contribution in [0.1, 0.15) is 24.5 Å². The highest BCUT2D eigenvalue weighted by molar-refractivity contribution is 5.50. The number of hydrogen-bond donors (Lipinski definition) is 0. The van der Waals surface area contributed by atoms with Gasteiger partial charge in [0.05, 0.1) is 0 Å². The summed E-state index contributed by atoms with van der Waals surface area (Å²) in [7, 11) is 0. The number of hydrogen-bond acceptors (Lipinski definition) is 0. The number of rotatable bonds is 7. The lowest BCUT2D eigenvalue weighted by molar-refractivity contribution is 0.315. The number of allylic oxidation sites excluding steroid dienone is 6. The quantitative estimate of drug-likeness (QED) is 0.431. The van der Waals surface area contributed by atoms with Crippen LogP contribution < -0.4 is 0 Å². The van der Waals surface area contributed by atoms with Crippen LogP contribution in [0, 0.1) is 0 Å². The Morgan fingerprint density at radius 1 is 0.875 bits per heavy atom. The van der Waals surface area contributed by atoms with Gasteiger partial charge in [-0.05, 0) is 36.1 Å². The second kappa shape index (κ2) is 10.1. The summed E-state index contributed by atoms with van der Waals surface area (Å²) in [6.07, 6.45) is 12.7. The molecule has 0 aliphatic rings. The van der Waals surface area contributed by atoms with Gasteiger partial charge in [0.25, 0.3) is 0 Å². The van der Waals surface area contributed by atoms with E-state index in [4.69, 9.17) is 0 Å². The number of benzene rings is 2. The second-order valence-electron chi connectivity index (χ2n) is 5.54. The zero-order valence-electron chi connectivity index (χ0n) is 14.1. The summed E-state index contributed by atoms with van der Waals surface area (Å²) < 4.78 is 0.